The maximum absolute atomic E-state index is 12.4. The molecule has 0 aromatic heterocycles. The van der Waals surface area contributed by atoms with Crippen LogP contribution in [0.1, 0.15) is 35.2 Å². The number of carboxylic acids is 1. The van der Waals surface area contributed by atoms with Gasteiger partial charge in [-0.1, -0.05) is 5.92 Å². The molecule has 0 radical (unpaired) electrons. The molecule has 1 amide bonds. The van der Waals surface area contributed by atoms with Gasteiger partial charge < -0.3 is 15.1 Å². The Balaban J connectivity index is 2.30. The van der Waals surface area contributed by atoms with Crippen LogP contribution in [0.4, 0.5) is 0 Å². The predicted molar refractivity (Wildman–Crippen MR) is 72.4 cm³/mol. The van der Waals surface area contributed by atoms with Crippen LogP contribution in [-0.4, -0.2) is 39.6 Å². The highest BCUT2D eigenvalue weighted by Gasteiger charge is 2.33. The Kier molecular flexibility index (Phi) is 3.94. The molecule has 0 saturated carbocycles. The van der Waals surface area contributed by atoms with E-state index in [1.165, 1.54) is 17.0 Å². The standard InChI is InChI=1S/C15H15NO4/c1-2-10-6-7-11(13(17)9-10)14(18)16-8-4-3-5-12(16)15(19)20/h1,6-7,9,12,17H,3-5,8H2,(H,19,20). The number of benzene rings is 1. The number of aromatic hydroxyl groups is 1. The van der Waals surface area contributed by atoms with Gasteiger partial charge in [0.05, 0.1) is 5.56 Å². The van der Waals surface area contributed by atoms with Crippen molar-refractivity contribution < 1.29 is 19.8 Å². The van der Waals surface area contributed by atoms with Crippen LogP contribution < -0.4 is 0 Å². The summed E-state index contributed by atoms with van der Waals surface area (Å²) < 4.78 is 0. The van der Waals surface area contributed by atoms with Crippen molar-refractivity contribution in [2.75, 3.05) is 6.54 Å². The highest BCUT2D eigenvalue weighted by Crippen LogP contribution is 2.25. The van der Waals surface area contributed by atoms with Gasteiger partial charge in [0, 0.05) is 12.1 Å². The van der Waals surface area contributed by atoms with Crippen molar-refractivity contribution in [1.82, 2.24) is 4.90 Å². The van der Waals surface area contributed by atoms with Crippen molar-refractivity contribution in [3.63, 3.8) is 0 Å². The Morgan fingerprint density at radius 1 is 1.35 bits per heavy atom. The SMILES string of the molecule is C#Cc1ccc(C(=O)N2CCCCC2C(=O)O)c(O)c1. The summed E-state index contributed by atoms with van der Waals surface area (Å²) in [5, 5.41) is 19.0. The number of amides is 1. The van der Waals surface area contributed by atoms with E-state index in [9.17, 15) is 19.8 Å². The first-order valence-electron chi connectivity index (χ1n) is 6.38. The van der Waals surface area contributed by atoms with E-state index in [1.54, 1.807) is 6.07 Å². The Bertz CT molecular complexity index is 588. The summed E-state index contributed by atoms with van der Waals surface area (Å²) >= 11 is 0. The number of piperidine rings is 1. The number of phenolic OH excluding ortho intramolecular Hbond substituents is 1. The number of carbonyl (C=O) groups is 2. The zero-order chi connectivity index (χ0) is 14.7. The minimum absolute atomic E-state index is 0.0807. The zero-order valence-electron chi connectivity index (χ0n) is 10.9. The van der Waals surface area contributed by atoms with E-state index in [0.29, 0.717) is 18.5 Å². The van der Waals surface area contributed by atoms with Crippen LogP contribution in [0, 0.1) is 12.3 Å². The van der Waals surface area contributed by atoms with Crippen LogP contribution in [0.5, 0.6) is 5.75 Å². The third kappa shape index (κ3) is 2.59. The number of rotatable bonds is 2. The molecule has 1 aliphatic heterocycles. The second-order valence-corrected chi connectivity index (χ2v) is 4.72. The van der Waals surface area contributed by atoms with Gasteiger partial charge in [-0.2, -0.15) is 0 Å². The fourth-order valence-electron chi connectivity index (χ4n) is 2.39. The number of carboxylic acid groups (broad SMARTS) is 1. The molecule has 2 N–H and O–H groups in total. The maximum atomic E-state index is 12.4. The zero-order valence-corrected chi connectivity index (χ0v) is 10.9. The molecule has 1 unspecified atom stereocenters. The second-order valence-electron chi connectivity index (χ2n) is 4.72. The van der Waals surface area contributed by atoms with E-state index >= 15 is 0 Å². The lowest BCUT2D eigenvalue weighted by atomic mass is 10.00. The fraction of sp³-hybridized carbons (Fsp3) is 0.333. The summed E-state index contributed by atoms with van der Waals surface area (Å²) in [6, 6.07) is 3.47. The second kappa shape index (κ2) is 5.66. The van der Waals surface area contributed by atoms with Crippen molar-refractivity contribution in [3.05, 3.63) is 29.3 Å². The molecule has 104 valence electrons. The van der Waals surface area contributed by atoms with E-state index in [-0.39, 0.29) is 11.3 Å². The number of phenols is 1. The van der Waals surface area contributed by atoms with Crippen molar-refractivity contribution >= 4 is 11.9 Å². The molecule has 0 spiro atoms. The lowest BCUT2D eigenvalue weighted by Crippen LogP contribution is -2.48. The molecule has 1 aromatic rings. The largest absolute Gasteiger partial charge is 0.507 e. The Labute approximate surface area is 116 Å². The van der Waals surface area contributed by atoms with Crippen LogP contribution >= 0.6 is 0 Å². The molecule has 0 aliphatic carbocycles. The van der Waals surface area contributed by atoms with E-state index in [1.807, 2.05) is 0 Å². The molecule has 5 nitrogen and oxygen atoms in total. The van der Waals surface area contributed by atoms with Gasteiger partial charge in [-0.25, -0.2) is 4.79 Å². The third-order valence-electron chi connectivity index (χ3n) is 3.44. The number of terminal acetylenes is 1. The molecule has 20 heavy (non-hydrogen) atoms. The average Bonchev–Trinajstić information content (AvgIpc) is 2.46. The highest BCUT2D eigenvalue weighted by atomic mass is 16.4. The van der Waals surface area contributed by atoms with Gasteiger partial charge in [-0.3, -0.25) is 4.79 Å². The number of aliphatic carboxylic acids is 1. The molecular formula is C15H15NO4. The van der Waals surface area contributed by atoms with E-state index in [2.05, 4.69) is 5.92 Å². The van der Waals surface area contributed by atoms with Crippen LogP contribution in [0.2, 0.25) is 0 Å². The summed E-state index contributed by atoms with van der Waals surface area (Å²) in [5.41, 5.74) is 0.546. The lowest BCUT2D eigenvalue weighted by Gasteiger charge is -2.33. The molecular weight excluding hydrogens is 258 g/mol. The summed E-state index contributed by atoms with van der Waals surface area (Å²) in [4.78, 5) is 24.9. The number of hydrogen-bond acceptors (Lipinski definition) is 3. The van der Waals surface area contributed by atoms with Crippen molar-refractivity contribution in [3.8, 4) is 18.1 Å². The van der Waals surface area contributed by atoms with Crippen molar-refractivity contribution in [2.24, 2.45) is 0 Å². The first-order chi connectivity index (χ1) is 9.54. The molecule has 1 fully saturated rings. The van der Waals surface area contributed by atoms with Gasteiger partial charge in [-0.05, 0) is 37.5 Å². The number of nitrogens with zero attached hydrogens (tertiary/aromatic N) is 1. The van der Waals surface area contributed by atoms with Gasteiger partial charge in [0.2, 0.25) is 0 Å². The molecule has 2 rings (SSSR count). The summed E-state index contributed by atoms with van der Waals surface area (Å²) in [7, 11) is 0. The third-order valence-corrected chi connectivity index (χ3v) is 3.44. The highest BCUT2D eigenvalue weighted by molar-refractivity contribution is 5.99. The van der Waals surface area contributed by atoms with Crippen LogP contribution in [0.15, 0.2) is 18.2 Å². The molecule has 1 saturated heterocycles. The van der Waals surface area contributed by atoms with E-state index in [4.69, 9.17) is 6.42 Å². The maximum Gasteiger partial charge on any atom is 0.326 e. The summed E-state index contributed by atoms with van der Waals surface area (Å²) in [5.74, 6) is 0.650. The molecule has 1 atom stereocenters. The van der Waals surface area contributed by atoms with Crippen molar-refractivity contribution in [2.45, 2.75) is 25.3 Å². The van der Waals surface area contributed by atoms with Gasteiger partial charge in [0.15, 0.2) is 0 Å². The number of hydrogen-bond donors (Lipinski definition) is 2. The molecule has 1 aliphatic rings. The van der Waals surface area contributed by atoms with Crippen LogP contribution in [0.25, 0.3) is 0 Å². The van der Waals surface area contributed by atoms with E-state index < -0.39 is 17.9 Å². The van der Waals surface area contributed by atoms with Gasteiger partial charge in [-0.15, -0.1) is 6.42 Å². The Hall–Kier alpha value is -2.48. The van der Waals surface area contributed by atoms with Crippen LogP contribution in [-0.2, 0) is 4.79 Å². The van der Waals surface area contributed by atoms with E-state index in [0.717, 1.165) is 12.8 Å². The van der Waals surface area contributed by atoms with Gasteiger partial charge in [0.1, 0.15) is 11.8 Å². The summed E-state index contributed by atoms with van der Waals surface area (Å²) in [6.07, 6.45) is 7.19. The minimum atomic E-state index is -1.02. The Morgan fingerprint density at radius 2 is 2.10 bits per heavy atom. The normalized spacial score (nSPS) is 18.4. The first-order valence-corrected chi connectivity index (χ1v) is 6.38. The molecule has 1 aromatic carbocycles. The monoisotopic (exact) mass is 273 g/mol. The number of carbonyl (C=O) groups excluding carboxylic acids is 1. The first kappa shape index (κ1) is 13.9. The fourth-order valence-corrected chi connectivity index (χ4v) is 2.39. The average molecular weight is 273 g/mol. The summed E-state index contributed by atoms with van der Waals surface area (Å²) in [6.45, 7) is 0.381. The Morgan fingerprint density at radius 3 is 2.70 bits per heavy atom. The number of likely N-dealkylation sites (tertiary alicyclic amines) is 1. The molecule has 1 heterocycles. The molecule has 0 bridgehead atoms. The predicted octanol–water partition coefficient (Wildman–Crippen LogP) is 1.45. The minimum Gasteiger partial charge on any atom is -0.507 e. The van der Waals surface area contributed by atoms with Gasteiger partial charge in [0.25, 0.3) is 5.91 Å². The molecule has 5 heteroatoms. The smallest absolute Gasteiger partial charge is 0.326 e. The quantitative estimate of drug-likeness (QED) is 0.799. The lowest BCUT2D eigenvalue weighted by molar-refractivity contribution is -0.143. The van der Waals surface area contributed by atoms with Crippen molar-refractivity contribution in [1.29, 1.82) is 0 Å². The van der Waals surface area contributed by atoms with Crippen LogP contribution in [0.3, 0.4) is 0 Å². The topological polar surface area (TPSA) is 77.8 Å². The van der Waals surface area contributed by atoms with Gasteiger partial charge >= 0.3 is 5.97 Å².